The van der Waals surface area contributed by atoms with Crippen molar-refractivity contribution in [2.75, 3.05) is 0 Å². The first-order valence-electron chi connectivity index (χ1n) is 4.22. The van der Waals surface area contributed by atoms with Crippen LogP contribution < -0.4 is 5.73 Å². The summed E-state index contributed by atoms with van der Waals surface area (Å²) in [7, 11) is 0. The minimum Gasteiger partial charge on any atom is -0.446 e. The summed E-state index contributed by atoms with van der Waals surface area (Å²) in [4.78, 5) is 10.4. The molecule has 0 saturated heterocycles. The van der Waals surface area contributed by atoms with Crippen LogP contribution in [0.4, 0.5) is 4.79 Å². The van der Waals surface area contributed by atoms with Gasteiger partial charge in [0.15, 0.2) is 0 Å². The van der Waals surface area contributed by atoms with Crippen molar-refractivity contribution in [2.45, 2.75) is 31.8 Å². The van der Waals surface area contributed by atoms with E-state index in [1.54, 1.807) is 0 Å². The number of rotatable bonds is 1. The number of fused-ring (bicyclic) bond motifs is 2. The third-order valence-electron chi connectivity index (χ3n) is 2.94. The van der Waals surface area contributed by atoms with Gasteiger partial charge in [0.25, 0.3) is 0 Å². The van der Waals surface area contributed by atoms with Gasteiger partial charge in [-0.15, -0.1) is 0 Å². The fourth-order valence-corrected chi connectivity index (χ4v) is 2.48. The number of primary amides is 1. The van der Waals surface area contributed by atoms with Crippen LogP contribution in [0.5, 0.6) is 0 Å². The highest BCUT2D eigenvalue weighted by Crippen LogP contribution is 2.45. The molecule has 3 nitrogen and oxygen atoms in total. The van der Waals surface area contributed by atoms with E-state index in [0.717, 1.165) is 12.3 Å². The molecule has 0 heterocycles. The number of amides is 1. The highest BCUT2D eigenvalue weighted by Gasteiger charge is 2.41. The average molecular weight is 155 g/mol. The smallest absolute Gasteiger partial charge is 0.404 e. The summed E-state index contributed by atoms with van der Waals surface area (Å²) in [5.41, 5.74) is 4.94. The molecule has 2 aliphatic rings. The van der Waals surface area contributed by atoms with E-state index in [1.165, 1.54) is 19.3 Å². The number of nitrogens with two attached hydrogens (primary N) is 1. The maximum absolute atomic E-state index is 10.4. The quantitative estimate of drug-likeness (QED) is 0.620. The van der Waals surface area contributed by atoms with E-state index in [2.05, 4.69) is 0 Å². The Bertz CT molecular complexity index is 181. The van der Waals surface area contributed by atoms with E-state index < -0.39 is 6.09 Å². The Morgan fingerprint density at radius 1 is 1.36 bits per heavy atom. The molecule has 2 bridgehead atoms. The normalized spacial score (nSPS) is 40.9. The van der Waals surface area contributed by atoms with Gasteiger partial charge in [-0.05, 0) is 37.5 Å². The van der Waals surface area contributed by atoms with Crippen LogP contribution in [0.25, 0.3) is 0 Å². The second-order valence-electron chi connectivity index (χ2n) is 3.65. The minimum absolute atomic E-state index is 0.145. The first-order chi connectivity index (χ1) is 5.25. The fourth-order valence-electron chi connectivity index (χ4n) is 2.48. The molecule has 3 heteroatoms. The van der Waals surface area contributed by atoms with Gasteiger partial charge in [0, 0.05) is 0 Å². The molecule has 0 aromatic rings. The van der Waals surface area contributed by atoms with Crippen molar-refractivity contribution in [1.29, 1.82) is 0 Å². The minimum atomic E-state index is -0.609. The lowest BCUT2D eigenvalue weighted by Crippen LogP contribution is -2.27. The monoisotopic (exact) mass is 155 g/mol. The summed E-state index contributed by atoms with van der Waals surface area (Å²) in [6.07, 6.45) is 4.38. The Kier molecular flexibility index (Phi) is 1.51. The summed E-state index contributed by atoms with van der Waals surface area (Å²) in [5.74, 6) is 1.43. The molecule has 0 aromatic carbocycles. The Morgan fingerprint density at radius 3 is 2.64 bits per heavy atom. The van der Waals surface area contributed by atoms with Crippen LogP contribution >= 0.6 is 0 Å². The first-order valence-corrected chi connectivity index (χ1v) is 4.22. The molecule has 2 rings (SSSR count). The predicted molar refractivity (Wildman–Crippen MR) is 39.9 cm³/mol. The summed E-state index contributed by atoms with van der Waals surface area (Å²) in [6, 6.07) is 0. The van der Waals surface area contributed by atoms with Crippen molar-refractivity contribution in [3.63, 3.8) is 0 Å². The average Bonchev–Trinajstić information content (AvgIpc) is 2.45. The van der Waals surface area contributed by atoms with Crippen molar-refractivity contribution in [2.24, 2.45) is 17.6 Å². The van der Waals surface area contributed by atoms with Crippen molar-refractivity contribution in [3.8, 4) is 0 Å². The molecule has 0 aliphatic heterocycles. The van der Waals surface area contributed by atoms with Crippen molar-refractivity contribution < 1.29 is 9.53 Å². The summed E-state index contributed by atoms with van der Waals surface area (Å²) in [5, 5.41) is 0. The van der Waals surface area contributed by atoms with Gasteiger partial charge in [-0.25, -0.2) is 4.79 Å². The molecule has 2 N–H and O–H groups in total. The molecule has 1 amide bonds. The van der Waals surface area contributed by atoms with Gasteiger partial charge in [-0.3, -0.25) is 0 Å². The lowest BCUT2D eigenvalue weighted by Gasteiger charge is -2.20. The van der Waals surface area contributed by atoms with Crippen LogP contribution in [0.2, 0.25) is 0 Å². The molecular weight excluding hydrogens is 142 g/mol. The van der Waals surface area contributed by atoms with Gasteiger partial charge in [-0.2, -0.15) is 0 Å². The van der Waals surface area contributed by atoms with Crippen molar-refractivity contribution >= 4 is 6.09 Å². The standard InChI is InChI=1S/C8H13NO2/c9-8(10)11-7-4-5-1-2-6(7)3-5/h5-7H,1-4H2,(H2,9,10)/t5-,6+,7+/m0/s1. The second kappa shape index (κ2) is 2.40. The Labute approximate surface area is 65.9 Å². The third-order valence-corrected chi connectivity index (χ3v) is 2.94. The van der Waals surface area contributed by atoms with Crippen LogP contribution in [-0.2, 0) is 4.74 Å². The van der Waals surface area contributed by atoms with E-state index >= 15 is 0 Å². The number of hydrogen-bond donors (Lipinski definition) is 1. The zero-order valence-electron chi connectivity index (χ0n) is 6.45. The van der Waals surface area contributed by atoms with Gasteiger partial charge in [0.05, 0.1) is 0 Å². The van der Waals surface area contributed by atoms with Crippen LogP contribution in [0.1, 0.15) is 25.7 Å². The SMILES string of the molecule is NC(=O)O[C@@H]1C[C@H]2CC[C@@H]1C2. The van der Waals surface area contributed by atoms with Crippen molar-refractivity contribution in [1.82, 2.24) is 0 Å². The number of carbonyl (C=O) groups is 1. The molecule has 2 aliphatic carbocycles. The van der Waals surface area contributed by atoms with Gasteiger partial charge in [0.1, 0.15) is 6.10 Å². The van der Waals surface area contributed by atoms with Crippen LogP contribution in [0.15, 0.2) is 0 Å². The summed E-state index contributed by atoms with van der Waals surface area (Å²) < 4.78 is 4.98. The predicted octanol–water partition coefficient (Wildman–Crippen LogP) is 1.27. The van der Waals surface area contributed by atoms with E-state index in [1.807, 2.05) is 0 Å². The molecular formula is C8H13NO2. The molecule has 0 spiro atoms. The third kappa shape index (κ3) is 1.19. The molecule has 0 unspecified atom stereocenters. The fraction of sp³-hybridized carbons (Fsp3) is 0.875. The van der Waals surface area contributed by atoms with E-state index in [-0.39, 0.29) is 6.10 Å². The Balaban J connectivity index is 1.92. The highest BCUT2D eigenvalue weighted by molar-refractivity contribution is 5.64. The first kappa shape index (κ1) is 6.95. The van der Waals surface area contributed by atoms with Gasteiger partial charge in [0.2, 0.25) is 0 Å². The second-order valence-corrected chi connectivity index (χ2v) is 3.65. The molecule has 62 valence electrons. The van der Waals surface area contributed by atoms with Gasteiger partial charge < -0.3 is 10.5 Å². The number of carbonyl (C=O) groups excluding carboxylic acids is 1. The Hall–Kier alpha value is -0.730. The van der Waals surface area contributed by atoms with E-state index in [4.69, 9.17) is 10.5 Å². The molecule has 11 heavy (non-hydrogen) atoms. The van der Waals surface area contributed by atoms with Gasteiger partial charge in [-0.1, -0.05) is 0 Å². The largest absolute Gasteiger partial charge is 0.446 e. The topological polar surface area (TPSA) is 52.3 Å². The zero-order chi connectivity index (χ0) is 7.84. The number of hydrogen-bond acceptors (Lipinski definition) is 2. The molecule has 0 aromatic heterocycles. The van der Waals surface area contributed by atoms with E-state index in [9.17, 15) is 4.79 Å². The maximum Gasteiger partial charge on any atom is 0.404 e. The highest BCUT2D eigenvalue weighted by atomic mass is 16.6. The van der Waals surface area contributed by atoms with Crippen LogP contribution in [0.3, 0.4) is 0 Å². The molecule has 3 atom stereocenters. The summed E-state index contributed by atoms with van der Waals surface area (Å²) in [6.45, 7) is 0. The molecule has 2 saturated carbocycles. The Morgan fingerprint density at radius 2 is 2.18 bits per heavy atom. The lowest BCUT2D eigenvalue weighted by atomic mass is 9.98. The molecule has 2 fully saturated rings. The number of ether oxygens (including phenoxy) is 1. The van der Waals surface area contributed by atoms with E-state index in [0.29, 0.717) is 5.92 Å². The van der Waals surface area contributed by atoms with Gasteiger partial charge >= 0.3 is 6.09 Å². The maximum atomic E-state index is 10.4. The van der Waals surface area contributed by atoms with Crippen LogP contribution in [0, 0.1) is 11.8 Å². The lowest BCUT2D eigenvalue weighted by molar-refractivity contribution is 0.0720. The van der Waals surface area contributed by atoms with Crippen molar-refractivity contribution in [3.05, 3.63) is 0 Å². The zero-order valence-corrected chi connectivity index (χ0v) is 6.45. The van der Waals surface area contributed by atoms with Crippen LogP contribution in [-0.4, -0.2) is 12.2 Å². The summed E-state index contributed by atoms with van der Waals surface area (Å²) >= 11 is 0. The molecule has 0 radical (unpaired) electrons.